The van der Waals surface area contributed by atoms with Gasteiger partial charge in [-0.2, -0.15) is 0 Å². The van der Waals surface area contributed by atoms with E-state index in [0.717, 1.165) is 25.7 Å². The number of hydroxylamine groups is 2. The van der Waals surface area contributed by atoms with Crippen LogP contribution in [0.2, 0.25) is 0 Å². The Morgan fingerprint density at radius 3 is 1.62 bits per heavy atom. The van der Waals surface area contributed by atoms with Crippen LogP contribution in [0.15, 0.2) is 0 Å². The second-order valence-electron chi connectivity index (χ2n) is 8.43. The van der Waals surface area contributed by atoms with Crippen LogP contribution in [-0.2, 0) is 14.4 Å². The van der Waals surface area contributed by atoms with Crippen molar-refractivity contribution < 1.29 is 14.4 Å². The normalized spacial score (nSPS) is 11.0. The number of unbranched alkanes of at least 4 members (excludes halogenated alkanes) is 14. The molecule has 0 aromatic carbocycles. The van der Waals surface area contributed by atoms with E-state index in [1.165, 1.54) is 82.1 Å². The molecule has 0 fully saturated rings. The van der Waals surface area contributed by atoms with Crippen LogP contribution in [0.5, 0.6) is 0 Å². The van der Waals surface area contributed by atoms with E-state index in [9.17, 15) is 9.59 Å². The standard InChI is InChI=1S/C24H48N2O3/c1-4-5-6-7-8-9-10-11-12-13-14-15-17-20-23(27)25-22-19-16-18-21-24(28)29-26(2)3/h4-22H2,1-3H3,(H,25,27). The lowest BCUT2D eigenvalue weighted by atomic mass is 10.0. The fraction of sp³-hybridized carbons (Fsp3) is 0.917. The molecule has 0 rings (SSSR count). The summed E-state index contributed by atoms with van der Waals surface area (Å²) < 4.78 is 0. The molecular formula is C24H48N2O3. The molecule has 0 unspecified atom stereocenters. The van der Waals surface area contributed by atoms with Crippen LogP contribution in [0.4, 0.5) is 0 Å². The highest BCUT2D eigenvalue weighted by Crippen LogP contribution is 2.13. The zero-order valence-corrected chi connectivity index (χ0v) is 19.6. The van der Waals surface area contributed by atoms with Gasteiger partial charge in [-0.1, -0.05) is 90.4 Å². The first-order valence-electron chi connectivity index (χ1n) is 12.2. The first kappa shape index (κ1) is 27.9. The third kappa shape index (κ3) is 23.0. The van der Waals surface area contributed by atoms with Crippen LogP contribution in [0.1, 0.15) is 122 Å². The molecule has 0 spiro atoms. The predicted molar refractivity (Wildman–Crippen MR) is 122 cm³/mol. The number of amides is 1. The Kier molecular flexibility index (Phi) is 20.8. The van der Waals surface area contributed by atoms with Gasteiger partial charge in [-0.3, -0.25) is 9.59 Å². The fourth-order valence-corrected chi connectivity index (χ4v) is 3.44. The molecule has 0 aliphatic carbocycles. The molecule has 1 N–H and O–H groups in total. The van der Waals surface area contributed by atoms with E-state index in [1.54, 1.807) is 14.1 Å². The van der Waals surface area contributed by atoms with Crippen LogP contribution in [-0.4, -0.2) is 37.6 Å². The Labute approximate surface area is 180 Å². The third-order valence-electron chi connectivity index (χ3n) is 5.17. The molecule has 172 valence electrons. The summed E-state index contributed by atoms with van der Waals surface area (Å²) >= 11 is 0. The second-order valence-corrected chi connectivity index (χ2v) is 8.43. The van der Waals surface area contributed by atoms with E-state index in [1.807, 2.05) is 0 Å². The molecule has 5 nitrogen and oxygen atoms in total. The Bertz CT molecular complexity index is 386. The minimum Gasteiger partial charge on any atom is -0.369 e. The maximum absolute atomic E-state index is 11.8. The summed E-state index contributed by atoms with van der Waals surface area (Å²) in [7, 11) is 3.40. The molecule has 0 radical (unpaired) electrons. The molecule has 0 aromatic rings. The van der Waals surface area contributed by atoms with Gasteiger partial charge in [0.1, 0.15) is 0 Å². The van der Waals surface area contributed by atoms with Crippen LogP contribution in [0.25, 0.3) is 0 Å². The highest BCUT2D eigenvalue weighted by molar-refractivity contribution is 5.75. The summed E-state index contributed by atoms with van der Waals surface area (Å²) in [5.74, 6) is -0.0264. The lowest BCUT2D eigenvalue weighted by Crippen LogP contribution is -2.24. The zero-order valence-electron chi connectivity index (χ0n) is 19.6. The summed E-state index contributed by atoms with van der Waals surface area (Å²) in [5.41, 5.74) is 0. The molecular weight excluding hydrogens is 364 g/mol. The monoisotopic (exact) mass is 412 g/mol. The van der Waals surface area contributed by atoms with Crippen LogP contribution in [0, 0.1) is 0 Å². The Balaban J connectivity index is 3.23. The van der Waals surface area contributed by atoms with E-state index in [-0.39, 0.29) is 11.9 Å². The van der Waals surface area contributed by atoms with Gasteiger partial charge in [0.05, 0.1) is 0 Å². The highest BCUT2D eigenvalue weighted by Gasteiger charge is 2.04. The molecule has 0 aliphatic heterocycles. The van der Waals surface area contributed by atoms with Gasteiger partial charge in [0, 0.05) is 33.5 Å². The molecule has 1 amide bonds. The van der Waals surface area contributed by atoms with Gasteiger partial charge in [0.25, 0.3) is 0 Å². The van der Waals surface area contributed by atoms with Crippen molar-refractivity contribution in [2.24, 2.45) is 0 Å². The Hall–Kier alpha value is -1.10. The van der Waals surface area contributed by atoms with E-state index < -0.39 is 0 Å². The smallest absolute Gasteiger partial charge is 0.325 e. The van der Waals surface area contributed by atoms with Crippen molar-refractivity contribution in [2.45, 2.75) is 122 Å². The van der Waals surface area contributed by atoms with Gasteiger partial charge < -0.3 is 10.2 Å². The maximum atomic E-state index is 11.8. The lowest BCUT2D eigenvalue weighted by molar-refractivity contribution is -0.178. The first-order chi connectivity index (χ1) is 14.1. The van der Waals surface area contributed by atoms with Crippen molar-refractivity contribution in [1.82, 2.24) is 10.4 Å². The Morgan fingerprint density at radius 1 is 0.655 bits per heavy atom. The molecule has 0 aromatic heterocycles. The molecule has 5 heteroatoms. The van der Waals surface area contributed by atoms with Gasteiger partial charge in [-0.15, -0.1) is 5.06 Å². The molecule has 0 saturated carbocycles. The van der Waals surface area contributed by atoms with E-state index in [0.29, 0.717) is 19.4 Å². The molecule has 29 heavy (non-hydrogen) atoms. The van der Waals surface area contributed by atoms with E-state index in [4.69, 9.17) is 4.84 Å². The molecule has 0 saturated heterocycles. The van der Waals surface area contributed by atoms with Gasteiger partial charge in [0.2, 0.25) is 5.91 Å². The predicted octanol–water partition coefficient (Wildman–Crippen LogP) is 6.16. The third-order valence-corrected chi connectivity index (χ3v) is 5.17. The number of nitrogens with one attached hydrogen (secondary N) is 1. The van der Waals surface area contributed by atoms with Crippen molar-refractivity contribution >= 4 is 11.9 Å². The maximum Gasteiger partial charge on any atom is 0.325 e. The topological polar surface area (TPSA) is 58.6 Å². The number of hydrogen-bond acceptors (Lipinski definition) is 4. The Morgan fingerprint density at radius 2 is 1.10 bits per heavy atom. The average Bonchev–Trinajstić information content (AvgIpc) is 2.67. The second kappa shape index (κ2) is 21.6. The van der Waals surface area contributed by atoms with Gasteiger partial charge >= 0.3 is 5.97 Å². The minimum absolute atomic E-state index is 0.167. The van der Waals surface area contributed by atoms with Crippen molar-refractivity contribution in [1.29, 1.82) is 0 Å². The number of hydrogen-bond donors (Lipinski definition) is 1. The summed E-state index contributed by atoms with van der Waals surface area (Å²) in [4.78, 5) is 28.1. The number of rotatable bonds is 21. The summed E-state index contributed by atoms with van der Waals surface area (Å²) in [6, 6.07) is 0. The molecule has 0 bridgehead atoms. The average molecular weight is 413 g/mol. The van der Waals surface area contributed by atoms with Crippen LogP contribution in [0.3, 0.4) is 0 Å². The van der Waals surface area contributed by atoms with Crippen molar-refractivity contribution in [2.75, 3.05) is 20.6 Å². The van der Waals surface area contributed by atoms with E-state index in [2.05, 4.69) is 12.2 Å². The highest BCUT2D eigenvalue weighted by atomic mass is 16.7. The van der Waals surface area contributed by atoms with E-state index >= 15 is 0 Å². The van der Waals surface area contributed by atoms with Gasteiger partial charge in [-0.05, 0) is 19.3 Å². The van der Waals surface area contributed by atoms with Crippen molar-refractivity contribution in [3.8, 4) is 0 Å². The number of carbonyl (C=O) groups is 2. The van der Waals surface area contributed by atoms with Gasteiger partial charge in [0.15, 0.2) is 0 Å². The number of carbonyl (C=O) groups excluding carboxylic acids is 2. The molecule has 0 aliphatic rings. The molecule has 0 heterocycles. The largest absolute Gasteiger partial charge is 0.369 e. The van der Waals surface area contributed by atoms with Gasteiger partial charge in [-0.25, -0.2) is 0 Å². The quantitative estimate of drug-likeness (QED) is 0.181. The SMILES string of the molecule is CCCCCCCCCCCCCCCC(=O)NCCCCCC(=O)ON(C)C. The lowest BCUT2D eigenvalue weighted by Gasteiger charge is -2.09. The van der Waals surface area contributed by atoms with Crippen molar-refractivity contribution in [3.05, 3.63) is 0 Å². The van der Waals surface area contributed by atoms with Crippen LogP contribution >= 0.6 is 0 Å². The summed E-state index contributed by atoms with van der Waals surface area (Å²) in [6.45, 7) is 2.98. The van der Waals surface area contributed by atoms with Crippen LogP contribution < -0.4 is 5.32 Å². The summed E-state index contributed by atoms with van der Waals surface area (Å²) in [5, 5.41) is 4.40. The van der Waals surface area contributed by atoms with Crippen molar-refractivity contribution in [3.63, 3.8) is 0 Å². The summed E-state index contributed by atoms with van der Waals surface area (Å²) in [6.07, 6.45) is 21.0. The first-order valence-corrected chi connectivity index (χ1v) is 12.2. The molecule has 0 atom stereocenters. The number of nitrogens with zero attached hydrogens (tertiary/aromatic N) is 1. The zero-order chi connectivity index (χ0) is 21.6. The fourth-order valence-electron chi connectivity index (χ4n) is 3.44. The minimum atomic E-state index is -0.193.